The van der Waals surface area contributed by atoms with Crippen LogP contribution in [-0.2, 0) is 10.2 Å². The van der Waals surface area contributed by atoms with Gasteiger partial charge in [0, 0.05) is 17.7 Å². The number of ether oxygens (including phenoxy) is 2. The van der Waals surface area contributed by atoms with E-state index in [1.54, 1.807) is 30.3 Å². The van der Waals surface area contributed by atoms with Gasteiger partial charge in [0.1, 0.15) is 11.5 Å². The Kier molecular flexibility index (Phi) is 8.36. The number of hydrogen-bond acceptors (Lipinski definition) is 5. The zero-order valence-electron chi connectivity index (χ0n) is 20.8. The van der Waals surface area contributed by atoms with Gasteiger partial charge in [0.25, 0.3) is 11.8 Å². The molecule has 0 spiro atoms. The predicted molar refractivity (Wildman–Crippen MR) is 135 cm³/mol. The maximum atomic E-state index is 13.2. The van der Waals surface area contributed by atoms with Gasteiger partial charge >= 0.3 is 0 Å². The summed E-state index contributed by atoms with van der Waals surface area (Å²) in [4.78, 5) is 26.2. The van der Waals surface area contributed by atoms with Gasteiger partial charge in [-0.25, -0.2) is 0 Å². The molecular formula is C28H32N2O5. The predicted octanol–water partition coefficient (Wildman–Crippen LogP) is 4.94. The van der Waals surface area contributed by atoms with Gasteiger partial charge in [0.2, 0.25) is 0 Å². The van der Waals surface area contributed by atoms with E-state index in [2.05, 4.69) is 36.6 Å². The van der Waals surface area contributed by atoms with Gasteiger partial charge < -0.3 is 24.5 Å². The van der Waals surface area contributed by atoms with Crippen molar-refractivity contribution in [2.45, 2.75) is 38.6 Å². The Morgan fingerprint density at radius 2 is 1.71 bits per heavy atom. The van der Waals surface area contributed by atoms with Crippen LogP contribution < -0.4 is 20.1 Å². The lowest BCUT2D eigenvalue weighted by atomic mass is 9.79. The maximum Gasteiger partial charge on any atom is 0.268 e. The standard InChI is InChI=1S/C28H32N2O5/c1-19(18-28(2,3)21-10-7-6-8-11-21)29-27(32)23(17-22-12-9-15-35-22)30-26(31)20-13-14-24(33-4)25(16-20)34-5/h6-17,19H,18H2,1-5H3,(H,29,32)(H,30,31)/b23-17-. The third-order valence-corrected chi connectivity index (χ3v) is 5.72. The second-order valence-corrected chi connectivity index (χ2v) is 8.93. The molecule has 2 aromatic carbocycles. The molecule has 2 N–H and O–H groups in total. The number of benzene rings is 2. The quantitative estimate of drug-likeness (QED) is 0.405. The first-order valence-corrected chi connectivity index (χ1v) is 11.4. The highest BCUT2D eigenvalue weighted by molar-refractivity contribution is 6.05. The van der Waals surface area contributed by atoms with Crippen LogP contribution in [0.4, 0.5) is 0 Å². The van der Waals surface area contributed by atoms with Gasteiger partial charge in [-0.15, -0.1) is 0 Å². The highest BCUT2D eigenvalue weighted by Crippen LogP contribution is 2.29. The lowest BCUT2D eigenvalue weighted by Crippen LogP contribution is -2.41. The molecule has 1 aromatic heterocycles. The Balaban J connectivity index is 1.77. The number of carbonyl (C=O) groups is 2. The molecule has 184 valence electrons. The van der Waals surface area contributed by atoms with Crippen LogP contribution in [0.2, 0.25) is 0 Å². The van der Waals surface area contributed by atoms with Gasteiger partial charge in [0.15, 0.2) is 11.5 Å². The highest BCUT2D eigenvalue weighted by Gasteiger charge is 2.25. The first-order chi connectivity index (χ1) is 16.7. The summed E-state index contributed by atoms with van der Waals surface area (Å²) in [5.41, 5.74) is 1.43. The van der Waals surface area contributed by atoms with E-state index in [0.717, 1.165) is 0 Å². The van der Waals surface area contributed by atoms with Crippen LogP contribution >= 0.6 is 0 Å². The van der Waals surface area contributed by atoms with Crippen LogP contribution in [0.25, 0.3) is 6.08 Å². The molecule has 0 aliphatic carbocycles. The van der Waals surface area contributed by atoms with Crippen LogP contribution in [0.5, 0.6) is 11.5 Å². The number of amides is 2. The third kappa shape index (κ3) is 6.76. The van der Waals surface area contributed by atoms with Crippen LogP contribution in [0, 0.1) is 0 Å². The van der Waals surface area contributed by atoms with Crippen LogP contribution in [0.3, 0.4) is 0 Å². The average Bonchev–Trinajstić information content (AvgIpc) is 3.36. The topological polar surface area (TPSA) is 89.8 Å². The number of carbonyl (C=O) groups excluding carboxylic acids is 2. The SMILES string of the molecule is COc1ccc(C(=O)N/C(=C\c2ccco2)C(=O)NC(C)CC(C)(C)c2ccccc2)cc1OC. The molecule has 0 radical (unpaired) electrons. The Bertz CT molecular complexity index is 1170. The number of rotatable bonds is 10. The van der Waals surface area contributed by atoms with Gasteiger partial charge in [-0.05, 0) is 54.7 Å². The van der Waals surface area contributed by atoms with Crippen molar-refractivity contribution >= 4 is 17.9 Å². The molecule has 2 amide bonds. The first kappa shape index (κ1) is 25.6. The summed E-state index contributed by atoms with van der Waals surface area (Å²) in [6, 6.07) is 18.2. The summed E-state index contributed by atoms with van der Waals surface area (Å²) in [6.45, 7) is 6.23. The minimum Gasteiger partial charge on any atom is -0.493 e. The fourth-order valence-electron chi connectivity index (χ4n) is 3.97. The highest BCUT2D eigenvalue weighted by atomic mass is 16.5. The average molecular weight is 477 g/mol. The van der Waals surface area contributed by atoms with Crippen LogP contribution in [-0.4, -0.2) is 32.1 Å². The minimum atomic E-state index is -0.462. The first-order valence-electron chi connectivity index (χ1n) is 11.4. The van der Waals surface area contributed by atoms with E-state index in [4.69, 9.17) is 13.9 Å². The molecular weight excluding hydrogens is 444 g/mol. The van der Waals surface area contributed by atoms with Crippen molar-refractivity contribution in [2.24, 2.45) is 0 Å². The molecule has 7 heteroatoms. The Hall–Kier alpha value is -4.00. The molecule has 3 rings (SSSR count). The summed E-state index contributed by atoms with van der Waals surface area (Å²) >= 11 is 0. The van der Waals surface area contributed by atoms with E-state index in [1.807, 2.05) is 25.1 Å². The van der Waals surface area contributed by atoms with Crippen LogP contribution in [0.1, 0.15) is 48.9 Å². The molecule has 0 fully saturated rings. The van der Waals surface area contributed by atoms with E-state index >= 15 is 0 Å². The van der Waals surface area contributed by atoms with E-state index in [1.165, 1.54) is 32.1 Å². The molecule has 0 saturated carbocycles. The molecule has 7 nitrogen and oxygen atoms in total. The molecule has 1 atom stereocenters. The van der Waals surface area contributed by atoms with Gasteiger partial charge in [-0.3, -0.25) is 9.59 Å². The number of hydrogen-bond donors (Lipinski definition) is 2. The van der Waals surface area contributed by atoms with Crippen molar-refractivity contribution in [2.75, 3.05) is 14.2 Å². The molecule has 1 unspecified atom stereocenters. The van der Waals surface area contributed by atoms with Gasteiger partial charge in [0.05, 0.1) is 20.5 Å². The van der Waals surface area contributed by atoms with E-state index in [9.17, 15) is 9.59 Å². The summed E-state index contributed by atoms with van der Waals surface area (Å²) in [5, 5.41) is 5.72. The molecule has 0 saturated heterocycles. The monoisotopic (exact) mass is 476 g/mol. The number of furan rings is 1. The Morgan fingerprint density at radius 3 is 2.34 bits per heavy atom. The van der Waals surface area contributed by atoms with E-state index in [0.29, 0.717) is 29.2 Å². The second kappa shape index (κ2) is 11.4. The molecule has 0 aliphatic heterocycles. The molecule has 35 heavy (non-hydrogen) atoms. The summed E-state index contributed by atoms with van der Waals surface area (Å²) in [6.07, 6.45) is 3.71. The normalized spacial score (nSPS) is 12.5. The zero-order valence-corrected chi connectivity index (χ0v) is 20.8. The smallest absolute Gasteiger partial charge is 0.268 e. The Labute approximate surface area is 206 Å². The molecule has 1 heterocycles. The van der Waals surface area contributed by atoms with Crippen molar-refractivity contribution in [1.29, 1.82) is 0 Å². The van der Waals surface area contributed by atoms with E-state index < -0.39 is 11.8 Å². The van der Waals surface area contributed by atoms with E-state index in [-0.39, 0.29) is 17.2 Å². The van der Waals surface area contributed by atoms with Gasteiger partial charge in [-0.2, -0.15) is 0 Å². The fraction of sp³-hybridized carbons (Fsp3) is 0.286. The fourth-order valence-corrected chi connectivity index (χ4v) is 3.97. The molecule has 0 bridgehead atoms. The van der Waals surface area contributed by atoms with Crippen molar-refractivity contribution in [3.05, 3.63) is 89.5 Å². The van der Waals surface area contributed by atoms with Crippen molar-refractivity contribution < 1.29 is 23.5 Å². The van der Waals surface area contributed by atoms with Crippen molar-refractivity contribution in [3.63, 3.8) is 0 Å². The van der Waals surface area contributed by atoms with Crippen molar-refractivity contribution in [1.82, 2.24) is 10.6 Å². The molecule has 3 aromatic rings. The lowest BCUT2D eigenvalue weighted by Gasteiger charge is -2.29. The Morgan fingerprint density at radius 1 is 1.00 bits per heavy atom. The summed E-state index contributed by atoms with van der Waals surface area (Å²) in [5.74, 6) is 0.490. The molecule has 0 aliphatic rings. The van der Waals surface area contributed by atoms with Crippen LogP contribution in [0.15, 0.2) is 77.0 Å². The summed E-state index contributed by atoms with van der Waals surface area (Å²) in [7, 11) is 3.01. The van der Waals surface area contributed by atoms with Crippen molar-refractivity contribution in [3.8, 4) is 11.5 Å². The number of nitrogens with one attached hydrogen (secondary N) is 2. The second-order valence-electron chi connectivity index (χ2n) is 8.93. The minimum absolute atomic E-state index is 0.0732. The number of methoxy groups -OCH3 is 2. The lowest BCUT2D eigenvalue weighted by molar-refractivity contribution is -0.118. The maximum absolute atomic E-state index is 13.2. The third-order valence-electron chi connectivity index (χ3n) is 5.72. The largest absolute Gasteiger partial charge is 0.493 e. The zero-order chi connectivity index (χ0) is 25.4. The van der Waals surface area contributed by atoms with Gasteiger partial charge in [-0.1, -0.05) is 44.2 Å². The summed E-state index contributed by atoms with van der Waals surface area (Å²) < 4.78 is 15.9.